The molecule has 0 spiro atoms. The zero-order valence-electron chi connectivity index (χ0n) is 8.94. The minimum absolute atomic E-state index is 0.475. The third kappa shape index (κ3) is 2.32. The van der Waals surface area contributed by atoms with Gasteiger partial charge in [0.1, 0.15) is 17.3 Å². The van der Waals surface area contributed by atoms with E-state index in [2.05, 4.69) is 14.9 Å². The second-order valence-corrected chi connectivity index (χ2v) is 3.86. The number of aromatic nitrogens is 2. The molecule has 15 heavy (non-hydrogen) atoms. The van der Waals surface area contributed by atoms with Crippen molar-refractivity contribution in [2.45, 2.75) is 26.2 Å². The van der Waals surface area contributed by atoms with E-state index in [9.17, 15) is 4.79 Å². The van der Waals surface area contributed by atoms with Gasteiger partial charge in [-0.05, 0) is 26.2 Å². The van der Waals surface area contributed by atoms with Crippen molar-refractivity contribution < 1.29 is 4.79 Å². The van der Waals surface area contributed by atoms with Crippen LogP contribution in [0.1, 0.15) is 35.6 Å². The molecule has 0 unspecified atom stereocenters. The van der Waals surface area contributed by atoms with E-state index in [-0.39, 0.29) is 0 Å². The first-order chi connectivity index (χ1) is 7.29. The van der Waals surface area contributed by atoms with E-state index in [1.54, 1.807) is 6.07 Å². The largest absolute Gasteiger partial charge is 0.356 e. The Hall–Kier alpha value is -1.45. The molecule has 1 aliphatic rings. The molecule has 2 heterocycles. The van der Waals surface area contributed by atoms with Crippen molar-refractivity contribution in [2.75, 3.05) is 18.0 Å². The maximum absolute atomic E-state index is 10.7. The number of aryl methyl sites for hydroxylation is 1. The molecule has 2 rings (SSSR count). The van der Waals surface area contributed by atoms with Gasteiger partial charge >= 0.3 is 0 Å². The Morgan fingerprint density at radius 3 is 2.67 bits per heavy atom. The average Bonchev–Trinajstić information content (AvgIpc) is 2.29. The lowest BCUT2D eigenvalue weighted by Gasteiger charge is -2.27. The lowest BCUT2D eigenvalue weighted by molar-refractivity contribution is 0.111. The molecule has 0 aliphatic carbocycles. The molecule has 0 aromatic carbocycles. The molecule has 1 fully saturated rings. The first kappa shape index (κ1) is 10.1. The molecule has 0 amide bonds. The fraction of sp³-hybridized carbons (Fsp3) is 0.545. The quantitative estimate of drug-likeness (QED) is 0.688. The van der Waals surface area contributed by atoms with Crippen LogP contribution in [0.25, 0.3) is 0 Å². The highest BCUT2D eigenvalue weighted by molar-refractivity contribution is 5.73. The van der Waals surface area contributed by atoms with E-state index < -0.39 is 0 Å². The Bertz CT molecular complexity index is 359. The maximum Gasteiger partial charge on any atom is 0.168 e. The van der Waals surface area contributed by atoms with Crippen LogP contribution >= 0.6 is 0 Å². The van der Waals surface area contributed by atoms with Crippen LogP contribution in [0.5, 0.6) is 0 Å². The molecule has 80 valence electrons. The van der Waals surface area contributed by atoms with Crippen LogP contribution in [0.3, 0.4) is 0 Å². The van der Waals surface area contributed by atoms with Crippen LogP contribution < -0.4 is 4.90 Å². The van der Waals surface area contributed by atoms with Gasteiger partial charge in [0.05, 0.1) is 0 Å². The lowest BCUT2D eigenvalue weighted by Crippen LogP contribution is -2.30. The average molecular weight is 205 g/mol. The van der Waals surface area contributed by atoms with E-state index in [0.717, 1.165) is 25.2 Å². The molecule has 1 aromatic rings. The number of hydrogen-bond donors (Lipinski definition) is 0. The lowest BCUT2D eigenvalue weighted by atomic mass is 10.1. The number of aldehydes is 1. The van der Waals surface area contributed by atoms with E-state index in [4.69, 9.17) is 0 Å². The minimum Gasteiger partial charge on any atom is -0.356 e. The fourth-order valence-corrected chi connectivity index (χ4v) is 1.92. The third-order valence-electron chi connectivity index (χ3n) is 2.65. The Kier molecular flexibility index (Phi) is 2.94. The summed E-state index contributed by atoms with van der Waals surface area (Å²) in [5, 5.41) is 0. The molecule has 1 aromatic heterocycles. The van der Waals surface area contributed by atoms with Gasteiger partial charge in [-0.3, -0.25) is 4.79 Å². The predicted molar refractivity (Wildman–Crippen MR) is 58.2 cm³/mol. The number of anilines is 1. The zero-order valence-corrected chi connectivity index (χ0v) is 8.94. The molecule has 0 atom stereocenters. The van der Waals surface area contributed by atoms with Gasteiger partial charge in [-0.25, -0.2) is 9.97 Å². The molecular formula is C11H15N3O. The van der Waals surface area contributed by atoms with E-state index in [1.807, 2.05) is 6.92 Å². The van der Waals surface area contributed by atoms with E-state index in [0.29, 0.717) is 11.5 Å². The molecule has 0 bridgehead atoms. The number of hydrogen-bond acceptors (Lipinski definition) is 4. The van der Waals surface area contributed by atoms with Gasteiger partial charge in [0.25, 0.3) is 0 Å². The summed E-state index contributed by atoms with van der Waals surface area (Å²) in [6.07, 6.45) is 4.49. The van der Waals surface area contributed by atoms with Gasteiger partial charge in [-0.1, -0.05) is 0 Å². The van der Waals surface area contributed by atoms with Crippen LogP contribution in [0.2, 0.25) is 0 Å². The molecule has 4 nitrogen and oxygen atoms in total. The van der Waals surface area contributed by atoms with Gasteiger partial charge < -0.3 is 4.90 Å². The highest BCUT2D eigenvalue weighted by atomic mass is 16.1. The smallest absolute Gasteiger partial charge is 0.168 e. The van der Waals surface area contributed by atoms with Crippen LogP contribution in [0.15, 0.2) is 6.07 Å². The second-order valence-electron chi connectivity index (χ2n) is 3.86. The summed E-state index contributed by atoms with van der Waals surface area (Å²) in [6.45, 7) is 3.89. The molecular weight excluding hydrogens is 190 g/mol. The zero-order chi connectivity index (χ0) is 10.7. The highest BCUT2D eigenvalue weighted by Gasteiger charge is 2.13. The van der Waals surface area contributed by atoms with Crippen molar-refractivity contribution in [1.82, 2.24) is 9.97 Å². The monoisotopic (exact) mass is 205 g/mol. The molecule has 0 radical (unpaired) electrons. The van der Waals surface area contributed by atoms with Crippen molar-refractivity contribution in [1.29, 1.82) is 0 Å². The van der Waals surface area contributed by atoms with Gasteiger partial charge in [0.15, 0.2) is 6.29 Å². The first-order valence-electron chi connectivity index (χ1n) is 5.35. The summed E-state index contributed by atoms with van der Waals surface area (Å²) in [7, 11) is 0. The molecule has 1 aliphatic heterocycles. The summed E-state index contributed by atoms with van der Waals surface area (Å²) in [4.78, 5) is 21.3. The number of piperidine rings is 1. The first-order valence-corrected chi connectivity index (χ1v) is 5.35. The highest BCUT2D eigenvalue weighted by Crippen LogP contribution is 2.17. The van der Waals surface area contributed by atoms with Crippen LogP contribution in [-0.2, 0) is 0 Å². The Balaban J connectivity index is 2.25. The number of rotatable bonds is 2. The Morgan fingerprint density at radius 1 is 1.27 bits per heavy atom. The summed E-state index contributed by atoms with van der Waals surface area (Å²) >= 11 is 0. The van der Waals surface area contributed by atoms with Crippen LogP contribution in [0.4, 0.5) is 5.82 Å². The summed E-state index contributed by atoms with van der Waals surface area (Å²) in [5.41, 5.74) is 0.475. The Morgan fingerprint density at radius 2 is 2.00 bits per heavy atom. The number of nitrogens with zero attached hydrogens (tertiary/aromatic N) is 3. The SMILES string of the molecule is Cc1nc(C=O)cc(N2CCCCC2)n1. The molecule has 4 heteroatoms. The summed E-state index contributed by atoms with van der Waals surface area (Å²) < 4.78 is 0. The topological polar surface area (TPSA) is 46.1 Å². The van der Waals surface area contributed by atoms with Crippen molar-refractivity contribution >= 4 is 12.1 Å². The maximum atomic E-state index is 10.7. The van der Waals surface area contributed by atoms with E-state index >= 15 is 0 Å². The fourth-order valence-electron chi connectivity index (χ4n) is 1.92. The van der Waals surface area contributed by atoms with E-state index in [1.165, 1.54) is 19.3 Å². The van der Waals surface area contributed by atoms with Crippen molar-refractivity contribution in [3.63, 3.8) is 0 Å². The number of carbonyl (C=O) groups excluding carboxylic acids is 1. The van der Waals surface area contributed by atoms with Gasteiger partial charge in [0, 0.05) is 19.2 Å². The van der Waals surface area contributed by atoms with Crippen molar-refractivity contribution in [2.24, 2.45) is 0 Å². The van der Waals surface area contributed by atoms with Gasteiger partial charge in [-0.15, -0.1) is 0 Å². The molecule has 0 saturated carbocycles. The minimum atomic E-state index is 0.475. The predicted octanol–water partition coefficient (Wildman–Crippen LogP) is 1.59. The normalized spacial score (nSPS) is 16.5. The van der Waals surface area contributed by atoms with Crippen LogP contribution in [0, 0.1) is 6.92 Å². The van der Waals surface area contributed by atoms with Gasteiger partial charge in [-0.2, -0.15) is 0 Å². The van der Waals surface area contributed by atoms with Crippen molar-refractivity contribution in [3.8, 4) is 0 Å². The van der Waals surface area contributed by atoms with Crippen molar-refractivity contribution in [3.05, 3.63) is 17.6 Å². The number of carbonyl (C=O) groups is 1. The second kappa shape index (κ2) is 4.38. The molecule has 1 saturated heterocycles. The standard InChI is InChI=1S/C11H15N3O/c1-9-12-10(8-15)7-11(13-9)14-5-3-2-4-6-14/h7-8H,2-6H2,1H3. The Labute approximate surface area is 89.3 Å². The van der Waals surface area contributed by atoms with Crippen LogP contribution in [-0.4, -0.2) is 29.3 Å². The summed E-state index contributed by atoms with van der Waals surface area (Å²) in [6, 6.07) is 1.77. The summed E-state index contributed by atoms with van der Waals surface area (Å²) in [5.74, 6) is 1.56. The van der Waals surface area contributed by atoms with Gasteiger partial charge in [0.2, 0.25) is 0 Å². The third-order valence-corrected chi connectivity index (χ3v) is 2.65. The molecule has 0 N–H and O–H groups in total.